The molecule has 0 radical (unpaired) electrons. The van der Waals surface area contributed by atoms with Gasteiger partial charge >= 0.3 is 0 Å². The molecule has 0 bridgehead atoms. The molecule has 0 fully saturated rings. The molecule has 0 unspecified atom stereocenters. The van der Waals surface area contributed by atoms with E-state index in [1.165, 1.54) is 130 Å². The van der Waals surface area contributed by atoms with E-state index in [1.54, 1.807) is 0 Å². The zero-order valence-electron chi connectivity index (χ0n) is 61.2. The summed E-state index contributed by atoms with van der Waals surface area (Å²) in [5.74, 6) is 1.54. The molecule has 0 spiro atoms. The molecule has 0 aliphatic carbocycles. The van der Waals surface area contributed by atoms with Crippen molar-refractivity contribution in [2.75, 3.05) is 0 Å². The smallest absolute Gasteiger partial charge is 0.160 e. The van der Waals surface area contributed by atoms with Crippen molar-refractivity contribution < 1.29 is 4.42 Å². The second-order valence-electron chi connectivity index (χ2n) is 29.9. The van der Waals surface area contributed by atoms with Crippen LogP contribution in [-0.2, 0) is 0 Å². The third-order valence-corrected chi connectivity index (χ3v) is 30.3. The lowest BCUT2D eigenvalue weighted by Gasteiger charge is -2.19. The molecule has 0 saturated carbocycles. The third-order valence-electron chi connectivity index (χ3n) is 22.5. The number of furan rings is 1. The molecule has 19 aromatic rings. The molecule has 520 valence electrons. The van der Waals surface area contributed by atoms with Gasteiger partial charge in [0, 0.05) is 75.0 Å². The molecule has 0 amide bonds. The summed E-state index contributed by atoms with van der Waals surface area (Å²) in [4.78, 5) is 22.1. The zero-order chi connectivity index (χ0) is 73.6. The second kappa shape index (κ2) is 27.0. The minimum absolute atomic E-state index is 0.741. The van der Waals surface area contributed by atoms with Crippen LogP contribution >= 0.6 is 11.3 Å². The Balaban J connectivity index is 0.000000145. The molecule has 15 aromatic carbocycles. The molecular weight excluding hydrogens is 1390 g/mol. The second-order valence-corrected chi connectivity index (χ2v) is 39.5. The number of rotatable bonds is 11. The van der Waals surface area contributed by atoms with Crippen LogP contribution in [0.1, 0.15) is 0 Å². The summed E-state index contributed by atoms with van der Waals surface area (Å²) in [6.07, 6.45) is 0. The maximum Gasteiger partial charge on any atom is 0.160 e. The van der Waals surface area contributed by atoms with Crippen LogP contribution in [0.3, 0.4) is 0 Å². The van der Waals surface area contributed by atoms with Gasteiger partial charge in [-0.2, -0.15) is 0 Å². The van der Waals surface area contributed by atoms with Crippen LogP contribution in [0.5, 0.6) is 0 Å². The Hall–Kier alpha value is -13.1. The van der Waals surface area contributed by atoms with E-state index in [4.69, 9.17) is 24.4 Å². The number of nitrogens with zero attached hydrogens (tertiary/aromatic N) is 4. The molecule has 0 N–H and O–H groups in total. The van der Waals surface area contributed by atoms with Crippen LogP contribution in [-0.4, -0.2) is 36.1 Å². The number of aromatic nitrogens is 4. The predicted octanol–water partition coefficient (Wildman–Crippen LogP) is 25.2. The van der Waals surface area contributed by atoms with Crippen molar-refractivity contribution in [1.29, 1.82) is 0 Å². The molecule has 110 heavy (non-hydrogen) atoms. The van der Waals surface area contributed by atoms with Crippen molar-refractivity contribution in [3.8, 4) is 145 Å². The maximum absolute atomic E-state index is 6.30. The Morgan fingerprint density at radius 1 is 0.236 bits per heavy atom. The highest BCUT2D eigenvalue weighted by molar-refractivity contribution is 7.26. The third kappa shape index (κ3) is 11.6. The normalized spacial score (nSPS) is 12.9. The van der Waals surface area contributed by atoms with Crippen LogP contribution in [0.25, 0.3) is 188 Å². The molecule has 5 nitrogen and oxygen atoms in total. The highest BCUT2D eigenvalue weighted by Gasteiger charge is 2.43. The standard InChI is InChI=1S/C54H38N2SSi.C48H34N2OSi/c1-58(2)49-29-12-10-25-45(49)51-52(55-53(56-54(51)58)46-26-15-28-48-50(46)44-24-9-11-27-47(44)57-48)40-23-14-21-38(31-40)37-20-13-22-39(30-37)43-33-41(35-16-5-3-6-17-35)32-42(34-43)36-18-7-4-8-19-36;1-52(2)43-24-9-7-20-39(43)45-46(49-47(50-48(45)52)40-21-12-23-42-44(40)38-19-6-8-22-41(38)51-42)37-18-11-17-36(30-37)35-16-10-15-34(29-35)33-27-25-32(26-28-33)31-13-4-3-5-14-31/h3-34H,1-2H3;3-30H,1-2H3. The Morgan fingerprint density at radius 3 is 1.07 bits per heavy atom. The summed E-state index contributed by atoms with van der Waals surface area (Å²) in [7, 11) is -4.28. The summed E-state index contributed by atoms with van der Waals surface area (Å²) < 4.78 is 8.84. The van der Waals surface area contributed by atoms with Crippen molar-refractivity contribution in [2.24, 2.45) is 0 Å². The molecule has 4 aromatic heterocycles. The van der Waals surface area contributed by atoms with Gasteiger partial charge in [0.15, 0.2) is 11.6 Å². The average molecular weight is 1460 g/mol. The molecular formula is C102H72N4OSSi2. The van der Waals surface area contributed by atoms with Gasteiger partial charge in [-0.25, -0.2) is 19.9 Å². The van der Waals surface area contributed by atoms with Gasteiger partial charge in [-0.3, -0.25) is 0 Å². The Morgan fingerprint density at radius 2 is 0.555 bits per heavy atom. The van der Waals surface area contributed by atoms with E-state index in [-0.39, 0.29) is 0 Å². The fourth-order valence-corrected chi connectivity index (χ4v) is 23.9. The van der Waals surface area contributed by atoms with Gasteiger partial charge in [0.1, 0.15) is 27.3 Å². The number of fused-ring (bicyclic) bond motifs is 12. The van der Waals surface area contributed by atoms with E-state index in [2.05, 4.69) is 372 Å². The average Bonchev–Trinajstić information content (AvgIpc) is 1.56. The summed E-state index contributed by atoms with van der Waals surface area (Å²) in [6.45, 7) is 9.72. The number of benzene rings is 15. The van der Waals surface area contributed by atoms with Crippen LogP contribution < -0.4 is 21.0 Å². The van der Waals surface area contributed by atoms with E-state index in [0.717, 1.165) is 78.4 Å². The Kier molecular flexibility index (Phi) is 16.3. The fraction of sp³-hybridized carbons (Fsp3) is 0.0392. The van der Waals surface area contributed by atoms with Gasteiger partial charge in [-0.1, -0.05) is 323 Å². The molecule has 0 saturated heterocycles. The summed E-state index contributed by atoms with van der Waals surface area (Å²) in [6, 6.07) is 131. The quantitative estimate of drug-likeness (QED) is 0.121. The molecule has 8 heteroatoms. The molecule has 0 atom stereocenters. The van der Waals surface area contributed by atoms with Crippen LogP contribution in [0.15, 0.2) is 368 Å². The van der Waals surface area contributed by atoms with E-state index in [1.807, 2.05) is 29.5 Å². The monoisotopic (exact) mass is 1460 g/mol. The molecule has 2 aliphatic rings. The van der Waals surface area contributed by atoms with Crippen LogP contribution in [0.4, 0.5) is 0 Å². The zero-order valence-corrected chi connectivity index (χ0v) is 64.1. The predicted molar refractivity (Wildman–Crippen MR) is 468 cm³/mol. The van der Waals surface area contributed by atoms with E-state index >= 15 is 0 Å². The van der Waals surface area contributed by atoms with Gasteiger partial charge in [0.25, 0.3) is 0 Å². The Labute approximate surface area is 645 Å². The first kappa shape index (κ1) is 66.4. The first-order chi connectivity index (χ1) is 54.0. The van der Waals surface area contributed by atoms with Crippen LogP contribution in [0, 0.1) is 0 Å². The van der Waals surface area contributed by atoms with Gasteiger partial charge < -0.3 is 4.42 Å². The lowest BCUT2D eigenvalue weighted by molar-refractivity contribution is 0.669. The van der Waals surface area contributed by atoms with Crippen molar-refractivity contribution in [2.45, 2.75) is 26.2 Å². The molecule has 2 aliphatic heterocycles. The lowest BCUT2D eigenvalue weighted by Crippen LogP contribution is -2.50. The maximum atomic E-state index is 6.30. The summed E-state index contributed by atoms with van der Waals surface area (Å²) in [5.41, 5.74) is 29.5. The summed E-state index contributed by atoms with van der Waals surface area (Å²) >= 11 is 1.84. The minimum atomic E-state index is -2.14. The first-order valence-corrected chi connectivity index (χ1v) is 44.5. The first-order valence-electron chi connectivity index (χ1n) is 37.7. The number of hydrogen-bond acceptors (Lipinski definition) is 6. The van der Waals surface area contributed by atoms with E-state index in [9.17, 15) is 0 Å². The van der Waals surface area contributed by atoms with Gasteiger partial charge in [-0.15, -0.1) is 11.3 Å². The van der Waals surface area contributed by atoms with Gasteiger partial charge in [-0.05, 0) is 166 Å². The highest BCUT2D eigenvalue weighted by atomic mass is 32.1. The van der Waals surface area contributed by atoms with Crippen molar-refractivity contribution in [1.82, 2.24) is 19.9 Å². The largest absolute Gasteiger partial charge is 0.456 e. The number of thiophene rings is 1. The Bertz CT molecular complexity index is 6790. The van der Waals surface area contributed by atoms with Crippen molar-refractivity contribution in [3.05, 3.63) is 364 Å². The van der Waals surface area contributed by atoms with E-state index in [0.29, 0.717) is 0 Å². The van der Waals surface area contributed by atoms with Crippen molar-refractivity contribution >= 4 is 90.6 Å². The molecule has 6 heterocycles. The fourth-order valence-electron chi connectivity index (χ4n) is 17.0. The van der Waals surface area contributed by atoms with Gasteiger partial charge in [0.2, 0.25) is 0 Å². The summed E-state index contributed by atoms with van der Waals surface area (Å²) in [5, 5.41) is 9.86. The lowest BCUT2D eigenvalue weighted by atomic mass is 9.91. The topological polar surface area (TPSA) is 64.7 Å². The van der Waals surface area contributed by atoms with Crippen LogP contribution in [0.2, 0.25) is 26.2 Å². The van der Waals surface area contributed by atoms with E-state index < -0.39 is 16.1 Å². The number of hydrogen-bond donors (Lipinski definition) is 0. The SMILES string of the molecule is C[Si]1(C)c2ccccc2-c2c(-c3cccc(-c4cccc(-c5cc(-c6ccccc6)cc(-c6ccccc6)c5)c4)c3)nc(-c3cccc4sc5ccccc5c34)nc21.C[Si]1(C)c2ccccc2-c2c(-c3cccc(-c4cccc(-c5ccc(-c6ccccc6)cc5)c4)c3)nc(-c3cccc4oc5ccccc5c34)nc21. The minimum Gasteiger partial charge on any atom is -0.456 e. The number of para-hydroxylation sites is 1. The van der Waals surface area contributed by atoms with Crippen molar-refractivity contribution in [3.63, 3.8) is 0 Å². The van der Waals surface area contributed by atoms with Gasteiger partial charge in [0.05, 0.1) is 11.4 Å². The molecule has 21 rings (SSSR count). The highest BCUT2D eigenvalue weighted by Crippen LogP contribution is 2.45.